The van der Waals surface area contributed by atoms with Gasteiger partial charge in [0.2, 0.25) is 5.91 Å². The first-order chi connectivity index (χ1) is 13.5. The number of anilines is 1. The zero-order valence-corrected chi connectivity index (χ0v) is 15.5. The van der Waals surface area contributed by atoms with Crippen molar-refractivity contribution in [1.29, 1.82) is 5.26 Å². The second-order valence-electron chi connectivity index (χ2n) is 6.05. The minimum atomic E-state index is -0.515. The van der Waals surface area contributed by atoms with Crippen molar-refractivity contribution in [2.24, 2.45) is 0 Å². The van der Waals surface area contributed by atoms with Crippen LogP contribution in [-0.4, -0.2) is 5.91 Å². The van der Waals surface area contributed by atoms with E-state index in [2.05, 4.69) is 11.4 Å². The van der Waals surface area contributed by atoms with Crippen LogP contribution in [0.3, 0.4) is 0 Å². The summed E-state index contributed by atoms with van der Waals surface area (Å²) in [5.74, 6) is -0.339. The number of ether oxygens (including phenoxy) is 1. The number of amides is 1. The molecule has 140 valence electrons. The van der Waals surface area contributed by atoms with E-state index >= 15 is 0 Å². The summed E-state index contributed by atoms with van der Waals surface area (Å²) in [6.07, 6.45) is -0.169. The van der Waals surface area contributed by atoms with Gasteiger partial charge in [-0.2, -0.15) is 5.26 Å². The Hall–Kier alpha value is -3.36. The largest absolute Gasteiger partial charge is 0.489 e. The molecule has 0 fully saturated rings. The van der Waals surface area contributed by atoms with Crippen molar-refractivity contribution in [3.8, 4) is 11.8 Å². The molecule has 3 rings (SSSR count). The van der Waals surface area contributed by atoms with Crippen LogP contribution in [0.15, 0.2) is 66.7 Å². The van der Waals surface area contributed by atoms with Gasteiger partial charge in [-0.3, -0.25) is 4.79 Å². The zero-order valence-electron chi connectivity index (χ0n) is 14.8. The Morgan fingerprint density at radius 3 is 2.68 bits per heavy atom. The maximum atomic E-state index is 13.8. The van der Waals surface area contributed by atoms with E-state index in [9.17, 15) is 9.18 Å². The van der Waals surface area contributed by atoms with E-state index in [0.717, 1.165) is 5.56 Å². The summed E-state index contributed by atoms with van der Waals surface area (Å²) in [7, 11) is 0. The second-order valence-corrected chi connectivity index (χ2v) is 6.46. The molecule has 0 heterocycles. The van der Waals surface area contributed by atoms with Gasteiger partial charge in [-0.05, 0) is 42.0 Å². The predicted molar refractivity (Wildman–Crippen MR) is 106 cm³/mol. The number of benzene rings is 3. The van der Waals surface area contributed by atoms with Crippen LogP contribution in [0.4, 0.5) is 10.1 Å². The standard InChI is InChI=1S/C22H16ClFN2O2/c23-20-8-3-9-21(24)19(20)12-22(27)26-17-6-2-7-18(11-17)28-14-16-5-1-4-15(10-16)13-25/h1-11H,12,14H2,(H,26,27). The molecule has 0 aliphatic carbocycles. The van der Waals surface area contributed by atoms with Crippen LogP contribution in [0, 0.1) is 17.1 Å². The fourth-order valence-corrected chi connectivity index (χ4v) is 2.86. The Balaban J connectivity index is 1.63. The number of carbonyl (C=O) groups is 1. The molecule has 0 aromatic heterocycles. The molecule has 3 aromatic carbocycles. The third kappa shape index (κ3) is 5.09. The first-order valence-electron chi connectivity index (χ1n) is 8.50. The molecule has 0 radical (unpaired) electrons. The average molecular weight is 395 g/mol. The predicted octanol–water partition coefficient (Wildman–Crippen LogP) is 5.11. The van der Waals surface area contributed by atoms with Crippen LogP contribution in [-0.2, 0) is 17.8 Å². The summed E-state index contributed by atoms with van der Waals surface area (Å²) in [4.78, 5) is 12.2. The minimum Gasteiger partial charge on any atom is -0.489 e. The summed E-state index contributed by atoms with van der Waals surface area (Å²) < 4.78 is 19.6. The fraction of sp³-hybridized carbons (Fsp3) is 0.0909. The highest BCUT2D eigenvalue weighted by Gasteiger charge is 2.12. The summed E-state index contributed by atoms with van der Waals surface area (Å²) >= 11 is 5.96. The summed E-state index contributed by atoms with van der Waals surface area (Å²) in [6.45, 7) is 0.289. The number of halogens is 2. The number of carbonyl (C=O) groups excluding carboxylic acids is 1. The number of nitriles is 1. The Labute approximate surface area is 167 Å². The second kappa shape index (κ2) is 9.03. The van der Waals surface area contributed by atoms with Gasteiger partial charge < -0.3 is 10.1 Å². The Morgan fingerprint density at radius 2 is 1.89 bits per heavy atom. The van der Waals surface area contributed by atoms with Gasteiger partial charge in [0, 0.05) is 22.3 Å². The molecule has 28 heavy (non-hydrogen) atoms. The molecule has 4 nitrogen and oxygen atoms in total. The van der Waals surface area contributed by atoms with Crippen LogP contribution in [0.25, 0.3) is 0 Å². The Morgan fingerprint density at radius 1 is 1.11 bits per heavy atom. The maximum absolute atomic E-state index is 13.8. The lowest BCUT2D eigenvalue weighted by Gasteiger charge is -2.10. The number of nitrogens with one attached hydrogen (secondary N) is 1. The number of hydrogen-bond donors (Lipinski definition) is 1. The normalized spacial score (nSPS) is 10.2. The van der Waals surface area contributed by atoms with Crippen molar-refractivity contribution in [1.82, 2.24) is 0 Å². The maximum Gasteiger partial charge on any atom is 0.228 e. The zero-order chi connectivity index (χ0) is 19.9. The summed E-state index contributed by atoms with van der Waals surface area (Å²) in [5.41, 5.74) is 2.11. The molecule has 0 saturated heterocycles. The van der Waals surface area contributed by atoms with Crippen LogP contribution in [0.1, 0.15) is 16.7 Å². The van der Waals surface area contributed by atoms with E-state index in [4.69, 9.17) is 21.6 Å². The van der Waals surface area contributed by atoms with E-state index in [0.29, 0.717) is 17.0 Å². The molecule has 0 saturated carbocycles. The molecular formula is C22H16ClFN2O2. The van der Waals surface area contributed by atoms with Crippen molar-refractivity contribution >= 4 is 23.2 Å². The SMILES string of the molecule is N#Cc1cccc(COc2cccc(NC(=O)Cc3c(F)cccc3Cl)c2)c1. The number of rotatable bonds is 6. The summed E-state index contributed by atoms with van der Waals surface area (Å²) in [5, 5.41) is 11.9. The van der Waals surface area contributed by atoms with Gasteiger partial charge in [0.25, 0.3) is 0 Å². The lowest BCUT2D eigenvalue weighted by molar-refractivity contribution is -0.115. The molecule has 0 atom stereocenters. The first-order valence-corrected chi connectivity index (χ1v) is 8.87. The lowest BCUT2D eigenvalue weighted by atomic mass is 10.1. The van der Waals surface area contributed by atoms with Crippen molar-refractivity contribution in [2.45, 2.75) is 13.0 Å². The molecule has 1 amide bonds. The van der Waals surface area contributed by atoms with E-state index in [1.165, 1.54) is 12.1 Å². The monoisotopic (exact) mass is 394 g/mol. The molecule has 0 spiro atoms. The van der Waals surface area contributed by atoms with E-state index < -0.39 is 5.82 Å². The van der Waals surface area contributed by atoms with E-state index in [1.54, 1.807) is 48.5 Å². The third-order valence-electron chi connectivity index (χ3n) is 3.98. The van der Waals surface area contributed by atoms with Crippen LogP contribution in [0.5, 0.6) is 5.75 Å². The van der Waals surface area contributed by atoms with Crippen molar-refractivity contribution in [3.63, 3.8) is 0 Å². The topological polar surface area (TPSA) is 62.1 Å². The molecule has 0 unspecified atom stereocenters. The third-order valence-corrected chi connectivity index (χ3v) is 4.33. The number of nitrogens with zero attached hydrogens (tertiary/aromatic N) is 1. The van der Waals surface area contributed by atoms with E-state index in [1.807, 2.05) is 6.07 Å². The van der Waals surface area contributed by atoms with Gasteiger partial charge in [-0.1, -0.05) is 35.9 Å². The molecule has 0 aliphatic heterocycles. The van der Waals surface area contributed by atoms with E-state index in [-0.39, 0.29) is 29.5 Å². The van der Waals surface area contributed by atoms with Crippen LogP contribution >= 0.6 is 11.6 Å². The molecule has 0 aliphatic rings. The van der Waals surface area contributed by atoms with Crippen molar-refractivity contribution < 1.29 is 13.9 Å². The van der Waals surface area contributed by atoms with Crippen molar-refractivity contribution in [3.05, 3.63) is 94.3 Å². The smallest absolute Gasteiger partial charge is 0.228 e. The minimum absolute atomic E-state index is 0.159. The van der Waals surface area contributed by atoms with Gasteiger partial charge >= 0.3 is 0 Å². The summed E-state index contributed by atoms with van der Waals surface area (Å²) in [6, 6.07) is 20.4. The van der Waals surface area contributed by atoms with Gasteiger partial charge in [-0.15, -0.1) is 0 Å². The Bertz CT molecular complexity index is 1030. The van der Waals surface area contributed by atoms with Crippen LogP contribution < -0.4 is 10.1 Å². The molecule has 6 heteroatoms. The number of hydrogen-bond acceptors (Lipinski definition) is 3. The lowest BCUT2D eigenvalue weighted by Crippen LogP contribution is -2.15. The van der Waals surface area contributed by atoms with Gasteiger partial charge in [0.05, 0.1) is 18.1 Å². The highest BCUT2D eigenvalue weighted by molar-refractivity contribution is 6.31. The highest BCUT2D eigenvalue weighted by Crippen LogP contribution is 2.22. The van der Waals surface area contributed by atoms with Crippen LogP contribution in [0.2, 0.25) is 5.02 Å². The Kier molecular flexibility index (Phi) is 6.25. The molecule has 1 N–H and O–H groups in total. The van der Waals surface area contributed by atoms with Gasteiger partial charge in [0.15, 0.2) is 0 Å². The molecule has 3 aromatic rings. The van der Waals surface area contributed by atoms with Crippen molar-refractivity contribution in [2.75, 3.05) is 5.32 Å². The highest BCUT2D eigenvalue weighted by atomic mass is 35.5. The first kappa shape index (κ1) is 19.4. The fourth-order valence-electron chi connectivity index (χ4n) is 2.63. The quantitative estimate of drug-likeness (QED) is 0.631. The average Bonchev–Trinajstić information content (AvgIpc) is 2.70. The molecule has 0 bridgehead atoms. The molecular weight excluding hydrogens is 379 g/mol. The van der Waals surface area contributed by atoms with Gasteiger partial charge in [-0.25, -0.2) is 4.39 Å². The van der Waals surface area contributed by atoms with Gasteiger partial charge in [0.1, 0.15) is 18.2 Å².